The standard InChI is InChI=1S/C31H35N3O4/c1-5-11-23-16-17-28(29(20-23)37-4)38-19-9-8-18-34-27-15-7-6-14-26(27)33-30(34)22(2)32-31(35)24-12-10-13-25(21-24)36-3/h5-7,10,12-17,20-22H,1,8-9,11,18-19H2,2-4H3,(H,32,35). The van der Waals surface area contributed by atoms with Gasteiger partial charge in [0, 0.05) is 12.1 Å². The van der Waals surface area contributed by atoms with Crippen LogP contribution in [-0.4, -0.2) is 36.3 Å². The van der Waals surface area contributed by atoms with E-state index in [0.717, 1.165) is 59.7 Å². The Kier molecular flexibility index (Phi) is 9.03. The third-order valence-corrected chi connectivity index (χ3v) is 6.39. The monoisotopic (exact) mass is 513 g/mol. The molecule has 198 valence electrons. The molecule has 7 heteroatoms. The summed E-state index contributed by atoms with van der Waals surface area (Å²) in [6.07, 6.45) is 4.40. The minimum Gasteiger partial charge on any atom is -0.497 e. The summed E-state index contributed by atoms with van der Waals surface area (Å²) >= 11 is 0. The van der Waals surface area contributed by atoms with Crippen molar-refractivity contribution >= 4 is 16.9 Å². The molecule has 1 unspecified atom stereocenters. The summed E-state index contributed by atoms with van der Waals surface area (Å²) in [5, 5.41) is 3.09. The molecule has 0 aliphatic carbocycles. The van der Waals surface area contributed by atoms with Gasteiger partial charge < -0.3 is 24.1 Å². The Hall–Kier alpha value is -4.26. The van der Waals surface area contributed by atoms with Gasteiger partial charge in [0.2, 0.25) is 0 Å². The summed E-state index contributed by atoms with van der Waals surface area (Å²) in [7, 11) is 3.24. The van der Waals surface area contributed by atoms with Crippen molar-refractivity contribution in [1.29, 1.82) is 0 Å². The maximum atomic E-state index is 12.9. The summed E-state index contributed by atoms with van der Waals surface area (Å²) in [6, 6.07) is 20.9. The van der Waals surface area contributed by atoms with Gasteiger partial charge in [0.25, 0.3) is 5.91 Å². The zero-order valence-corrected chi connectivity index (χ0v) is 22.3. The Labute approximate surface area is 224 Å². The number of carbonyl (C=O) groups is 1. The quantitative estimate of drug-likeness (QED) is 0.172. The van der Waals surface area contributed by atoms with Crippen LogP contribution in [0.4, 0.5) is 0 Å². The molecule has 1 heterocycles. The van der Waals surface area contributed by atoms with Crippen LogP contribution in [0.15, 0.2) is 79.4 Å². The Balaban J connectivity index is 1.41. The lowest BCUT2D eigenvalue weighted by Crippen LogP contribution is -2.28. The fourth-order valence-corrected chi connectivity index (χ4v) is 4.45. The van der Waals surface area contributed by atoms with Crippen LogP contribution in [-0.2, 0) is 13.0 Å². The summed E-state index contributed by atoms with van der Waals surface area (Å²) in [5.41, 5.74) is 3.64. The lowest BCUT2D eigenvalue weighted by molar-refractivity contribution is 0.0937. The summed E-state index contributed by atoms with van der Waals surface area (Å²) < 4.78 is 19.0. The lowest BCUT2D eigenvalue weighted by atomic mass is 10.1. The molecule has 1 amide bonds. The molecular formula is C31H35N3O4. The third-order valence-electron chi connectivity index (χ3n) is 6.39. The second-order valence-corrected chi connectivity index (χ2v) is 9.07. The molecule has 0 saturated carbocycles. The van der Waals surface area contributed by atoms with Crippen molar-refractivity contribution in [3.05, 3.63) is 96.3 Å². The third kappa shape index (κ3) is 6.35. The van der Waals surface area contributed by atoms with Crippen molar-refractivity contribution in [3.8, 4) is 17.2 Å². The number of allylic oxidation sites excluding steroid dienone is 1. The van der Waals surface area contributed by atoms with Crippen molar-refractivity contribution in [2.75, 3.05) is 20.8 Å². The number of hydrogen-bond acceptors (Lipinski definition) is 5. The number of ether oxygens (including phenoxy) is 3. The molecule has 4 aromatic rings. The zero-order chi connectivity index (χ0) is 26.9. The normalized spacial score (nSPS) is 11.7. The number of nitrogens with one attached hydrogen (secondary N) is 1. The average Bonchev–Trinajstić information content (AvgIpc) is 3.32. The minimum atomic E-state index is -0.282. The smallest absolute Gasteiger partial charge is 0.251 e. The largest absolute Gasteiger partial charge is 0.497 e. The molecule has 0 fully saturated rings. The van der Waals surface area contributed by atoms with E-state index in [1.807, 2.05) is 55.5 Å². The number of carbonyl (C=O) groups excluding carboxylic acids is 1. The lowest BCUT2D eigenvalue weighted by Gasteiger charge is -2.17. The van der Waals surface area contributed by atoms with Crippen molar-refractivity contribution in [3.63, 3.8) is 0 Å². The molecule has 38 heavy (non-hydrogen) atoms. The van der Waals surface area contributed by atoms with Gasteiger partial charge in [-0.15, -0.1) is 6.58 Å². The minimum absolute atomic E-state index is 0.170. The predicted octanol–water partition coefficient (Wildman–Crippen LogP) is 6.13. The molecular weight excluding hydrogens is 478 g/mol. The molecule has 0 saturated heterocycles. The summed E-state index contributed by atoms with van der Waals surface area (Å²) in [6.45, 7) is 7.08. The molecule has 0 bridgehead atoms. The molecule has 0 aliphatic heterocycles. The highest BCUT2D eigenvalue weighted by Gasteiger charge is 2.19. The first-order chi connectivity index (χ1) is 18.5. The summed E-state index contributed by atoms with van der Waals surface area (Å²) in [5.74, 6) is 2.76. The van der Waals surface area contributed by atoms with Gasteiger partial charge in [0.05, 0.1) is 37.9 Å². The maximum absolute atomic E-state index is 12.9. The zero-order valence-electron chi connectivity index (χ0n) is 22.3. The van der Waals surface area contributed by atoms with Gasteiger partial charge in [-0.1, -0.05) is 30.3 Å². The van der Waals surface area contributed by atoms with Crippen LogP contribution < -0.4 is 19.5 Å². The molecule has 0 aliphatic rings. The Bertz CT molecular complexity index is 1400. The number of para-hydroxylation sites is 2. The van der Waals surface area contributed by atoms with Crippen molar-refractivity contribution < 1.29 is 19.0 Å². The number of unbranched alkanes of at least 4 members (excludes halogenated alkanes) is 1. The number of benzene rings is 3. The van der Waals surface area contributed by atoms with Gasteiger partial charge >= 0.3 is 0 Å². The van der Waals surface area contributed by atoms with E-state index in [9.17, 15) is 4.79 Å². The maximum Gasteiger partial charge on any atom is 0.251 e. The molecule has 7 nitrogen and oxygen atoms in total. The van der Waals surface area contributed by atoms with Crippen LogP contribution in [0, 0.1) is 0 Å². The first kappa shape index (κ1) is 26.8. The molecule has 1 aromatic heterocycles. The number of nitrogens with zero attached hydrogens (tertiary/aromatic N) is 2. The predicted molar refractivity (Wildman–Crippen MR) is 150 cm³/mol. The highest BCUT2D eigenvalue weighted by atomic mass is 16.5. The number of amides is 1. The van der Waals surface area contributed by atoms with E-state index in [0.29, 0.717) is 17.9 Å². The van der Waals surface area contributed by atoms with Crippen LogP contribution in [0.5, 0.6) is 17.2 Å². The molecule has 1 N–H and O–H groups in total. The van der Waals surface area contributed by atoms with E-state index in [1.165, 1.54) is 0 Å². The van der Waals surface area contributed by atoms with Crippen molar-refractivity contribution in [1.82, 2.24) is 14.9 Å². The van der Waals surface area contributed by atoms with Crippen molar-refractivity contribution in [2.45, 2.75) is 38.8 Å². The van der Waals surface area contributed by atoms with Crippen molar-refractivity contribution in [2.24, 2.45) is 0 Å². The fraction of sp³-hybridized carbons (Fsp3) is 0.290. The second kappa shape index (κ2) is 12.8. The van der Waals surface area contributed by atoms with Gasteiger partial charge in [-0.3, -0.25) is 4.79 Å². The van der Waals surface area contributed by atoms with Crippen LogP contribution in [0.3, 0.4) is 0 Å². The Morgan fingerprint density at radius 3 is 2.66 bits per heavy atom. The Morgan fingerprint density at radius 1 is 1.03 bits per heavy atom. The first-order valence-corrected chi connectivity index (χ1v) is 12.8. The topological polar surface area (TPSA) is 74.6 Å². The molecule has 0 radical (unpaired) electrons. The van der Waals surface area contributed by atoms with Crippen LogP contribution >= 0.6 is 0 Å². The van der Waals surface area contributed by atoms with Gasteiger partial charge in [0.15, 0.2) is 11.5 Å². The van der Waals surface area contributed by atoms with E-state index >= 15 is 0 Å². The van der Waals surface area contributed by atoms with Crippen LogP contribution in [0.25, 0.3) is 11.0 Å². The number of hydrogen-bond donors (Lipinski definition) is 1. The number of aromatic nitrogens is 2. The molecule has 3 aromatic carbocycles. The van der Waals surface area contributed by atoms with Crippen LogP contribution in [0.2, 0.25) is 0 Å². The number of methoxy groups -OCH3 is 2. The SMILES string of the molecule is C=CCc1ccc(OCCCCn2c(C(C)NC(=O)c3cccc(OC)c3)nc3ccccc32)c(OC)c1. The number of aryl methyl sites for hydroxylation is 1. The van der Waals surface area contributed by atoms with Gasteiger partial charge in [-0.2, -0.15) is 0 Å². The van der Waals surface area contributed by atoms with E-state index in [4.69, 9.17) is 19.2 Å². The number of fused-ring (bicyclic) bond motifs is 1. The van der Waals surface area contributed by atoms with E-state index in [1.54, 1.807) is 32.4 Å². The second-order valence-electron chi connectivity index (χ2n) is 9.07. The van der Waals surface area contributed by atoms with Gasteiger partial charge in [-0.05, 0) is 74.2 Å². The molecule has 0 spiro atoms. The van der Waals surface area contributed by atoms with Gasteiger partial charge in [-0.25, -0.2) is 4.98 Å². The molecule has 4 rings (SSSR count). The first-order valence-electron chi connectivity index (χ1n) is 12.8. The highest BCUT2D eigenvalue weighted by molar-refractivity contribution is 5.94. The Morgan fingerprint density at radius 2 is 1.87 bits per heavy atom. The van der Waals surface area contributed by atoms with E-state index in [-0.39, 0.29) is 11.9 Å². The number of rotatable bonds is 13. The fourth-order valence-electron chi connectivity index (χ4n) is 4.45. The number of imidazole rings is 1. The highest BCUT2D eigenvalue weighted by Crippen LogP contribution is 2.29. The van der Waals surface area contributed by atoms with E-state index < -0.39 is 0 Å². The summed E-state index contributed by atoms with van der Waals surface area (Å²) in [4.78, 5) is 17.8. The average molecular weight is 514 g/mol. The van der Waals surface area contributed by atoms with Gasteiger partial charge in [0.1, 0.15) is 11.6 Å². The van der Waals surface area contributed by atoms with Crippen LogP contribution in [0.1, 0.15) is 47.6 Å². The van der Waals surface area contributed by atoms with E-state index in [2.05, 4.69) is 22.5 Å². The molecule has 1 atom stereocenters.